The van der Waals surface area contributed by atoms with Crippen molar-refractivity contribution in [2.45, 2.75) is 46.6 Å². The van der Waals surface area contributed by atoms with Gasteiger partial charge in [-0.05, 0) is 75.7 Å². The number of nitrogens with one attached hydrogen (secondary N) is 1. The summed E-state index contributed by atoms with van der Waals surface area (Å²) in [5, 5.41) is 4.74. The number of hydrogen-bond acceptors (Lipinski definition) is 4. The molecule has 3 aromatic rings. The molecule has 1 amide bonds. The van der Waals surface area contributed by atoms with Crippen LogP contribution in [0.2, 0.25) is 5.02 Å². The molecule has 1 aromatic heterocycles. The van der Waals surface area contributed by atoms with Gasteiger partial charge in [0.2, 0.25) is 5.91 Å². The van der Waals surface area contributed by atoms with Gasteiger partial charge in [-0.15, -0.1) is 0 Å². The highest BCUT2D eigenvalue weighted by Gasteiger charge is 2.15. The van der Waals surface area contributed by atoms with E-state index in [-0.39, 0.29) is 11.9 Å². The average Bonchev–Trinajstić information content (AvgIpc) is 3.24. The van der Waals surface area contributed by atoms with Gasteiger partial charge in [0.05, 0.1) is 13.4 Å². The predicted molar refractivity (Wildman–Crippen MR) is 141 cm³/mol. The molecule has 0 fully saturated rings. The Morgan fingerprint density at radius 1 is 1.21 bits per heavy atom. The van der Waals surface area contributed by atoms with Crippen molar-refractivity contribution in [3.63, 3.8) is 0 Å². The van der Waals surface area contributed by atoms with Crippen LogP contribution in [0.4, 0.5) is 0 Å². The number of carbonyl (C=O) groups is 1. The number of allylic oxidation sites excluding steroid dienone is 1. The lowest BCUT2D eigenvalue weighted by Gasteiger charge is -2.19. The Morgan fingerprint density at radius 2 is 1.91 bits per heavy atom. The Morgan fingerprint density at radius 3 is 2.56 bits per heavy atom. The number of methoxy groups -OCH3 is 1. The summed E-state index contributed by atoms with van der Waals surface area (Å²) < 4.78 is 11.4. The van der Waals surface area contributed by atoms with Crippen molar-refractivity contribution in [3.8, 4) is 16.9 Å². The van der Waals surface area contributed by atoms with Crippen LogP contribution < -0.4 is 10.1 Å². The number of rotatable bonds is 11. The number of ether oxygens (including phenoxy) is 1. The molecule has 6 heteroatoms. The molecule has 1 N–H and O–H groups in total. The molecule has 3 rings (SSSR count). The molecule has 2 aromatic carbocycles. The maximum absolute atomic E-state index is 12.7. The molecular formula is C28H35ClN2O3. The molecule has 1 atom stereocenters. The molecule has 0 radical (unpaired) electrons. The summed E-state index contributed by atoms with van der Waals surface area (Å²) in [6.45, 7) is 11.5. The number of benzene rings is 2. The van der Waals surface area contributed by atoms with Crippen LogP contribution in [0.25, 0.3) is 27.7 Å². The number of furan rings is 1. The topological polar surface area (TPSA) is 54.7 Å². The fourth-order valence-electron chi connectivity index (χ4n) is 4.18. The molecule has 0 aliphatic carbocycles. The van der Waals surface area contributed by atoms with Gasteiger partial charge >= 0.3 is 0 Å². The Bertz CT molecular complexity index is 1130. The van der Waals surface area contributed by atoms with E-state index in [1.807, 2.05) is 43.3 Å². The van der Waals surface area contributed by atoms with E-state index >= 15 is 0 Å². The Balaban J connectivity index is 1.77. The van der Waals surface area contributed by atoms with Gasteiger partial charge in [-0.25, -0.2) is 0 Å². The maximum Gasteiger partial charge on any atom is 0.244 e. The minimum Gasteiger partial charge on any atom is -0.496 e. The molecule has 0 saturated carbocycles. The number of nitrogens with zero attached hydrogens (tertiary/aromatic N) is 1. The number of hydrogen-bond donors (Lipinski definition) is 1. The van der Waals surface area contributed by atoms with E-state index in [9.17, 15) is 4.79 Å². The molecule has 0 aliphatic heterocycles. The highest BCUT2D eigenvalue weighted by Crippen LogP contribution is 2.37. The summed E-state index contributed by atoms with van der Waals surface area (Å²) >= 11 is 6.05. The summed E-state index contributed by atoms with van der Waals surface area (Å²) in [4.78, 5) is 15.1. The molecule has 0 bridgehead atoms. The first-order chi connectivity index (χ1) is 16.4. The third-order valence-corrected chi connectivity index (χ3v) is 6.47. The largest absolute Gasteiger partial charge is 0.496 e. The first-order valence-electron chi connectivity index (χ1n) is 11.9. The number of fused-ring (bicyclic) bond motifs is 1. The van der Waals surface area contributed by atoms with E-state index < -0.39 is 0 Å². The van der Waals surface area contributed by atoms with Crippen LogP contribution in [0.15, 0.2) is 53.2 Å². The third kappa shape index (κ3) is 6.43. The zero-order valence-electron chi connectivity index (χ0n) is 20.8. The van der Waals surface area contributed by atoms with E-state index in [4.69, 9.17) is 20.8 Å². The van der Waals surface area contributed by atoms with Gasteiger partial charge in [-0.3, -0.25) is 4.79 Å². The predicted octanol–water partition coefficient (Wildman–Crippen LogP) is 6.79. The molecule has 1 unspecified atom stereocenters. The van der Waals surface area contributed by atoms with Crippen molar-refractivity contribution in [1.29, 1.82) is 0 Å². The van der Waals surface area contributed by atoms with Gasteiger partial charge in [0, 0.05) is 39.7 Å². The zero-order valence-corrected chi connectivity index (χ0v) is 21.5. The lowest BCUT2D eigenvalue weighted by atomic mass is 9.99. The van der Waals surface area contributed by atoms with E-state index in [0.29, 0.717) is 10.8 Å². The maximum atomic E-state index is 12.7. The molecule has 182 valence electrons. The quantitative estimate of drug-likeness (QED) is 0.305. The first-order valence-corrected chi connectivity index (χ1v) is 12.3. The second-order valence-electron chi connectivity index (χ2n) is 8.61. The summed E-state index contributed by atoms with van der Waals surface area (Å²) in [5.41, 5.74) is 4.39. The monoisotopic (exact) mass is 482 g/mol. The van der Waals surface area contributed by atoms with E-state index in [2.05, 4.69) is 31.0 Å². The lowest BCUT2D eigenvalue weighted by molar-refractivity contribution is -0.117. The second-order valence-corrected chi connectivity index (χ2v) is 9.05. The van der Waals surface area contributed by atoms with Gasteiger partial charge < -0.3 is 19.4 Å². The molecule has 5 nitrogen and oxygen atoms in total. The fourth-order valence-corrected chi connectivity index (χ4v) is 4.30. The molecule has 34 heavy (non-hydrogen) atoms. The Kier molecular flexibility index (Phi) is 9.20. The van der Waals surface area contributed by atoms with Crippen LogP contribution in [-0.4, -0.2) is 43.6 Å². The normalized spacial score (nSPS) is 12.9. The van der Waals surface area contributed by atoms with Crippen LogP contribution in [0.1, 0.15) is 46.1 Å². The highest BCUT2D eigenvalue weighted by atomic mass is 35.5. The standard InChI is InChI=1S/C28H35ClN2O3/c1-6-31(7-2)14-8-9-20(4)30-28(32)15-19(3)23-16-24-25(21-10-12-22(29)13-11-21)18-34-27(24)17-26(23)33-5/h10-13,15-18,20H,6-9,14H2,1-5H3,(H,30,32)/b19-15+. The summed E-state index contributed by atoms with van der Waals surface area (Å²) in [6, 6.07) is 11.7. The van der Waals surface area contributed by atoms with Gasteiger partial charge in [0.25, 0.3) is 0 Å². The first kappa shape index (κ1) is 25.9. The molecule has 1 heterocycles. The number of amides is 1. The average molecular weight is 483 g/mol. The third-order valence-electron chi connectivity index (χ3n) is 6.22. The second kappa shape index (κ2) is 12.1. The molecule has 0 aliphatic rings. The van der Waals surface area contributed by atoms with Crippen LogP contribution >= 0.6 is 11.6 Å². The molecule has 0 spiro atoms. The molecular weight excluding hydrogens is 448 g/mol. The van der Waals surface area contributed by atoms with Crippen LogP contribution in [-0.2, 0) is 4.79 Å². The van der Waals surface area contributed by atoms with Crippen LogP contribution in [0.3, 0.4) is 0 Å². The Hall–Kier alpha value is -2.76. The fraction of sp³-hybridized carbons (Fsp3) is 0.393. The zero-order chi connectivity index (χ0) is 24.7. The van der Waals surface area contributed by atoms with Crippen molar-refractivity contribution in [2.24, 2.45) is 0 Å². The van der Waals surface area contributed by atoms with Crippen molar-refractivity contribution in [2.75, 3.05) is 26.7 Å². The van der Waals surface area contributed by atoms with E-state index in [1.54, 1.807) is 19.4 Å². The van der Waals surface area contributed by atoms with E-state index in [0.717, 1.165) is 65.7 Å². The van der Waals surface area contributed by atoms with Crippen LogP contribution in [0, 0.1) is 0 Å². The van der Waals surface area contributed by atoms with E-state index in [1.165, 1.54) is 0 Å². The number of halogens is 1. The minimum absolute atomic E-state index is 0.0971. The SMILES string of the molecule is CCN(CC)CCCC(C)NC(=O)/C=C(\C)c1cc2c(-c3ccc(Cl)cc3)coc2cc1OC. The van der Waals surface area contributed by atoms with Crippen molar-refractivity contribution < 1.29 is 13.9 Å². The van der Waals surface area contributed by atoms with Gasteiger partial charge in [0.15, 0.2) is 0 Å². The van der Waals surface area contributed by atoms with Crippen molar-refractivity contribution >= 4 is 34.1 Å². The van der Waals surface area contributed by atoms with Crippen molar-refractivity contribution in [3.05, 3.63) is 59.3 Å². The van der Waals surface area contributed by atoms with Crippen molar-refractivity contribution in [1.82, 2.24) is 10.2 Å². The van der Waals surface area contributed by atoms with Gasteiger partial charge in [-0.2, -0.15) is 0 Å². The summed E-state index contributed by atoms with van der Waals surface area (Å²) in [7, 11) is 1.62. The summed E-state index contributed by atoms with van der Waals surface area (Å²) in [6.07, 6.45) is 5.39. The smallest absolute Gasteiger partial charge is 0.244 e. The summed E-state index contributed by atoms with van der Waals surface area (Å²) in [5.74, 6) is 0.568. The lowest BCUT2D eigenvalue weighted by Crippen LogP contribution is -2.32. The Labute approximate surface area is 207 Å². The number of carbonyl (C=O) groups excluding carboxylic acids is 1. The highest BCUT2D eigenvalue weighted by molar-refractivity contribution is 6.30. The van der Waals surface area contributed by atoms with Gasteiger partial charge in [-0.1, -0.05) is 37.6 Å². The van der Waals surface area contributed by atoms with Crippen LogP contribution in [0.5, 0.6) is 5.75 Å². The minimum atomic E-state index is -0.0971. The van der Waals surface area contributed by atoms with Gasteiger partial charge in [0.1, 0.15) is 11.3 Å². The molecule has 0 saturated heterocycles.